The summed E-state index contributed by atoms with van der Waals surface area (Å²) in [6, 6.07) is 10.7. The van der Waals surface area contributed by atoms with Crippen molar-refractivity contribution in [2.45, 2.75) is 13.8 Å². The highest BCUT2D eigenvalue weighted by Crippen LogP contribution is 2.30. The molecule has 1 amide bonds. The molecule has 0 saturated carbocycles. The van der Waals surface area contributed by atoms with Gasteiger partial charge in [0.2, 0.25) is 11.7 Å². The normalized spacial score (nSPS) is 10.9. The Bertz CT molecular complexity index is 914. The number of pyridine rings is 1. The van der Waals surface area contributed by atoms with Gasteiger partial charge < -0.3 is 10.1 Å². The molecule has 5 nitrogen and oxygen atoms in total. The SMILES string of the molecule is COc1ccc(C(=O)c2cc3cccnc3s2)cc1NC(=O)C(C)C. The van der Waals surface area contributed by atoms with Gasteiger partial charge in [0.15, 0.2) is 0 Å². The number of ketones is 1. The number of hydrogen-bond donors (Lipinski definition) is 1. The number of thiophene rings is 1. The molecule has 0 fully saturated rings. The lowest BCUT2D eigenvalue weighted by atomic mass is 10.1. The number of nitrogens with one attached hydrogen (secondary N) is 1. The van der Waals surface area contributed by atoms with Crippen LogP contribution in [0.1, 0.15) is 29.1 Å². The van der Waals surface area contributed by atoms with Gasteiger partial charge >= 0.3 is 0 Å². The fourth-order valence-corrected chi connectivity index (χ4v) is 3.31. The number of rotatable bonds is 5. The molecule has 3 aromatic rings. The van der Waals surface area contributed by atoms with Crippen LogP contribution < -0.4 is 10.1 Å². The van der Waals surface area contributed by atoms with Gasteiger partial charge in [-0.05, 0) is 30.3 Å². The summed E-state index contributed by atoms with van der Waals surface area (Å²) in [5.74, 6) is 0.112. The standard InChI is InChI=1S/C19H18N2O3S/c1-11(2)18(23)21-14-9-12(6-7-15(14)24-3)17(22)16-10-13-5-4-8-20-19(13)25-16/h4-11H,1-3H3,(H,21,23). The van der Waals surface area contributed by atoms with Gasteiger partial charge in [0.05, 0.1) is 17.7 Å². The number of hydrogen-bond acceptors (Lipinski definition) is 5. The second-order valence-electron chi connectivity index (χ2n) is 5.90. The summed E-state index contributed by atoms with van der Waals surface area (Å²) in [5, 5.41) is 3.75. The molecule has 3 rings (SSSR count). The molecule has 0 aliphatic carbocycles. The average Bonchev–Trinajstić information content (AvgIpc) is 3.05. The first kappa shape index (κ1) is 17.1. The fourth-order valence-electron chi connectivity index (χ4n) is 2.35. The Morgan fingerprint density at radius 2 is 2.00 bits per heavy atom. The molecule has 1 N–H and O–H groups in total. The van der Waals surface area contributed by atoms with Gasteiger partial charge in [0.1, 0.15) is 10.6 Å². The first-order valence-corrected chi connectivity index (χ1v) is 8.69. The first-order valence-electron chi connectivity index (χ1n) is 7.87. The average molecular weight is 354 g/mol. The molecule has 0 spiro atoms. The quantitative estimate of drug-likeness (QED) is 0.700. The zero-order chi connectivity index (χ0) is 18.0. The van der Waals surface area contributed by atoms with E-state index >= 15 is 0 Å². The van der Waals surface area contributed by atoms with Crippen LogP contribution in [0.5, 0.6) is 5.75 Å². The van der Waals surface area contributed by atoms with Crippen molar-refractivity contribution in [3.05, 3.63) is 53.0 Å². The zero-order valence-corrected chi connectivity index (χ0v) is 15.0. The van der Waals surface area contributed by atoms with Crippen LogP contribution in [-0.4, -0.2) is 23.8 Å². The smallest absolute Gasteiger partial charge is 0.227 e. The second kappa shape index (κ2) is 7.03. The highest BCUT2D eigenvalue weighted by atomic mass is 32.1. The maximum atomic E-state index is 12.8. The summed E-state index contributed by atoms with van der Waals surface area (Å²) >= 11 is 1.36. The Morgan fingerprint density at radius 1 is 1.20 bits per heavy atom. The van der Waals surface area contributed by atoms with Gasteiger partial charge in [0.25, 0.3) is 0 Å². The summed E-state index contributed by atoms with van der Waals surface area (Å²) in [6.45, 7) is 3.61. The molecule has 25 heavy (non-hydrogen) atoms. The number of carbonyl (C=O) groups excluding carboxylic acids is 2. The molecule has 0 radical (unpaired) electrons. The van der Waals surface area contributed by atoms with E-state index in [0.717, 1.165) is 10.2 Å². The van der Waals surface area contributed by atoms with Gasteiger partial charge in [0, 0.05) is 23.1 Å². The molecule has 2 heterocycles. The largest absolute Gasteiger partial charge is 0.495 e. The van der Waals surface area contributed by atoms with E-state index in [2.05, 4.69) is 10.3 Å². The van der Waals surface area contributed by atoms with Gasteiger partial charge in [-0.1, -0.05) is 19.9 Å². The third kappa shape index (κ3) is 3.53. The van der Waals surface area contributed by atoms with Crippen molar-refractivity contribution in [2.75, 3.05) is 12.4 Å². The summed E-state index contributed by atoms with van der Waals surface area (Å²) in [7, 11) is 1.53. The van der Waals surface area contributed by atoms with E-state index in [1.807, 2.05) is 18.2 Å². The predicted octanol–water partition coefficient (Wildman–Crippen LogP) is 4.13. The number of ether oxygens (including phenoxy) is 1. The maximum Gasteiger partial charge on any atom is 0.227 e. The van der Waals surface area contributed by atoms with E-state index in [9.17, 15) is 9.59 Å². The van der Waals surface area contributed by atoms with E-state index in [1.54, 1.807) is 38.2 Å². The summed E-state index contributed by atoms with van der Waals surface area (Å²) in [5.41, 5.74) is 0.984. The molecule has 128 valence electrons. The molecular weight excluding hydrogens is 336 g/mol. The van der Waals surface area contributed by atoms with Crippen LogP contribution in [0.25, 0.3) is 10.2 Å². The number of fused-ring (bicyclic) bond motifs is 1. The lowest BCUT2D eigenvalue weighted by Crippen LogP contribution is -2.18. The molecule has 2 aromatic heterocycles. The van der Waals surface area contributed by atoms with E-state index in [-0.39, 0.29) is 17.6 Å². The van der Waals surface area contributed by atoms with Crippen molar-refractivity contribution in [1.82, 2.24) is 4.98 Å². The second-order valence-corrected chi connectivity index (χ2v) is 6.93. The molecule has 0 aliphatic rings. The predicted molar refractivity (Wildman–Crippen MR) is 99.5 cm³/mol. The Kier molecular flexibility index (Phi) is 4.81. The lowest BCUT2D eigenvalue weighted by Gasteiger charge is -2.13. The van der Waals surface area contributed by atoms with Crippen molar-refractivity contribution >= 4 is 38.9 Å². The van der Waals surface area contributed by atoms with Crippen molar-refractivity contribution in [3.8, 4) is 5.75 Å². The molecule has 0 atom stereocenters. The third-order valence-corrected chi connectivity index (χ3v) is 4.82. The molecular formula is C19H18N2O3S. The van der Waals surface area contributed by atoms with Gasteiger partial charge in [-0.3, -0.25) is 9.59 Å². The van der Waals surface area contributed by atoms with E-state index in [0.29, 0.717) is 21.9 Å². The van der Waals surface area contributed by atoms with Crippen molar-refractivity contribution in [3.63, 3.8) is 0 Å². The van der Waals surface area contributed by atoms with Crippen LogP contribution in [0.15, 0.2) is 42.6 Å². The molecule has 0 saturated heterocycles. The number of nitrogens with zero attached hydrogens (tertiary/aromatic N) is 1. The monoisotopic (exact) mass is 354 g/mol. The topological polar surface area (TPSA) is 68.3 Å². The molecule has 1 aromatic carbocycles. The van der Waals surface area contributed by atoms with Crippen molar-refractivity contribution in [1.29, 1.82) is 0 Å². The highest BCUT2D eigenvalue weighted by Gasteiger charge is 2.17. The Labute approximate surface area is 149 Å². The van der Waals surface area contributed by atoms with E-state index in [1.165, 1.54) is 18.4 Å². The summed E-state index contributed by atoms with van der Waals surface area (Å²) < 4.78 is 5.28. The summed E-state index contributed by atoms with van der Waals surface area (Å²) in [4.78, 5) is 30.5. The fraction of sp³-hybridized carbons (Fsp3) is 0.211. The van der Waals surface area contributed by atoms with Crippen LogP contribution in [0.2, 0.25) is 0 Å². The maximum absolute atomic E-state index is 12.8. The van der Waals surface area contributed by atoms with Crippen molar-refractivity contribution in [2.24, 2.45) is 5.92 Å². The number of amides is 1. The molecule has 6 heteroatoms. The lowest BCUT2D eigenvalue weighted by molar-refractivity contribution is -0.118. The number of carbonyl (C=O) groups is 2. The number of aromatic nitrogens is 1. The van der Waals surface area contributed by atoms with Crippen LogP contribution >= 0.6 is 11.3 Å². The van der Waals surface area contributed by atoms with E-state index in [4.69, 9.17) is 4.74 Å². The highest BCUT2D eigenvalue weighted by molar-refractivity contribution is 7.20. The van der Waals surface area contributed by atoms with Gasteiger partial charge in [-0.15, -0.1) is 11.3 Å². The minimum atomic E-state index is -0.169. The van der Waals surface area contributed by atoms with Crippen LogP contribution in [0.4, 0.5) is 5.69 Å². The number of anilines is 1. The zero-order valence-electron chi connectivity index (χ0n) is 14.2. The van der Waals surface area contributed by atoms with Crippen molar-refractivity contribution < 1.29 is 14.3 Å². The Hall–Kier alpha value is -2.73. The molecule has 0 bridgehead atoms. The number of methoxy groups -OCH3 is 1. The minimum absolute atomic E-state index is 0.106. The Balaban J connectivity index is 1.95. The molecule has 0 aliphatic heterocycles. The van der Waals surface area contributed by atoms with Crippen LogP contribution in [0, 0.1) is 5.92 Å². The van der Waals surface area contributed by atoms with Gasteiger partial charge in [-0.25, -0.2) is 4.98 Å². The third-order valence-electron chi connectivity index (χ3n) is 3.76. The minimum Gasteiger partial charge on any atom is -0.495 e. The number of benzene rings is 1. The molecule has 0 unspecified atom stereocenters. The first-order chi connectivity index (χ1) is 12.0. The van der Waals surface area contributed by atoms with Crippen LogP contribution in [-0.2, 0) is 4.79 Å². The summed E-state index contributed by atoms with van der Waals surface area (Å²) in [6.07, 6.45) is 1.71. The van der Waals surface area contributed by atoms with E-state index < -0.39 is 0 Å². The van der Waals surface area contributed by atoms with Gasteiger partial charge in [-0.2, -0.15) is 0 Å². The van der Waals surface area contributed by atoms with Crippen LogP contribution in [0.3, 0.4) is 0 Å². The Morgan fingerprint density at radius 3 is 2.68 bits per heavy atom.